The second-order valence-electron chi connectivity index (χ2n) is 4.08. The van der Waals surface area contributed by atoms with Gasteiger partial charge >= 0.3 is 6.18 Å². The van der Waals surface area contributed by atoms with Crippen LogP contribution >= 0.6 is 0 Å². The Balaban J connectivity index is 2.32. The SMILES string of the molecule is Cc1cc(C(F)(F)F)nn1[C@@H](C)C(=O)n1cccn1. The molecule has 0 aliphatic heterocycles. The first-order valence-corrected chi connectivity index (χ1v) is 5.48. The fraction of sp³-hybridized carbons (Fsp3) is 0.364. The zero-order valence-corrected chi connectivity index (χ0v) is 10.2. The number of halogens is 3. The van der Waals surface area contributed by atoms with Crippen molar-refractivity contribution >= 4 is 5.91 Å². The van der Waals surface area contributed by atoms with Crippen LogP contribution in [0.25, 0.3) is 0 Å². The number of aromatic nitrogens is 4. The molecule has 5 nitrogen and oxygen atoms in total. The van der Waals surface area contributed by atoms with E-state index in [0.717, 1.165) is 15.4 Å². The number of carbonyl (C=O) groups excluding carboxylic acids is 1. The highest BCUT2D eigenvalue weighted by atomic mass is 19.4. The molecule has 8 heteroatoms. The maximum atomic E-state index is 12.5. The lowest BCUT2D eigenvalue weighted by Crippen LogP contribution is -2.25. The number of hydrogen-bond donors (Lipinski definition) is 0. The van der Waals surface area contributed by atoms with Crippen LogP contribution in [0, 0.1) is 6.92 Å². The van der Waals surface area contributed by atoms with Gasteiger partial charge in [-0.15, -0.1) is 0 Å². The average Bonchev–Trinajstić information content (AvgIpc) is 2.94. The first-order chi connectivity index (χ1) is 8.80. The smallest absolute Gasteiger partial charge is 0.270 e. The van der Waals surface area contributed by atoms with E-state index in [9.17, 15) is 18.0 Å². The summed E-state index contributed by atoms with van der Waals surface area (Å²) in [7, 11) is 0. The molecule has 1 atom stereocenters. The molecular weight excluding hydrogens is 261 g/mol. The number of nitrogens with zero attached hydrogens (tertiary/aromatic N) is 4. The normalized spacial score (nSPS) is 13.5. The zero-order chi connectivity index (χ0) is 14.2. The molecule has 0 spiro atoms. The molecule has 0 aliphatic rings. The lowest BCUT2D eigenvalue weighted by Gasteiger charge is -2.12. The topological polar surface area (TPSA) is 52.7 Å². The monoisotopic (exact) mass is 272 g/mol. The van der Waals surface area contributed by atoms with Crippen LogP contribution in [0.15, 0.2) is 24.5 Å². The Bertz CT molecular complexity index is 586. The van der Waals surface area contributed by atoms with Crippen LogP contribution in [-0.4, -0.2) is 25.5 Å². The highest BCUT2D eigenvalue weighted by Crippen LogP contribution is 2.29. The molecule has 2 aromatic heterocycles. The fourth-order valence-electron chi connectivity index (χ4n) is 1.71. The second kappa shape index (κ2) is 4.52. The largest absolute Gasteiger partial charge is 0.435 e. The molecule has 0 unspecified atom stereocenters. The number of carbonyl (C=O) groups is 1. The second-order valence-corrected chi connectivity index (χ2v) is 4.08. The minimum Gasteiger partial charge on any atom is -0.270 e. The van der Waals surface area contributed by atoms with Crippen molar-refractivity contribution < 1.29 is 18.0 Å². The minimum absolute atomic E-state index is 0.264. The van der Waals surface area contributed by atoms with Gasteiger partial charge in [-0.05, 0) is 26.0 Å². The van der Waals surface area contributed by atoms with Crippen LogP contribution in [0.2, 0.25) is 0 Å². The average molecular weight is 272 g/mol. The van der Waals surface area contributed by atoms with E-state index in [1.54, 1.807) is 6.07 Å². The number of aryl methyl sites for hydroxylation is 1. The number of hydrogen-bond acceptors (Lipinski definition) is 3. The van der Waals surface area contributed by atoms with Crippen LogP contribution in [-0.2, 0) is 6.18 Å². The van der Waals surface area contributed by atoms with E-state index in [1.807, 2.05) is 0 Å². The molecule has 0 fully saturated rings. The lowest BCUT2D eigenvalue weighted by atomic mass is 10.3. The molecule has 0 aliphatic carbocycles. The van der Waals surface area contributed by atoms with Gasteiger partial charge in [0.05, 0.1) is 0 Å². The predicted octanol–water partition coefficient (Wildman–Crippen LogP) is 2.31. The summed E-state index contributed by atoms with van der Waals surface area (Å²) in [5.41, 5.74) is -0.745. The molecule has 0 radical (unpaired) electrons. The molecule has 2 rings (SSSR count). The molecule has 2 aromatic rings. The van der Waals surface area contributed by atoms with Crippen molar-refractivity contribution in [3.8, 4) is 0 Å². The molecular formula is C11H11F3N4O. The quantitative estimate of drug-likeness (QED) is 0.843. The summed E-state index contributed by atoms with van der Waals surface area (Å²) >= 11 is 0. The van der Waals surface area contributed by atoms with Gasteiger partial charge in [0.1, 0.15) is 6.04 Å². The fourth-order valence-corrected chi connectivity index (χ4v) is 1.71. The summed E-state index contributed by atoms with van der Waals surface area (Å²) in [5, 5.41) is 7.19. The molecule has 0 bridgehead atoms. The van der Waals surface area contributed by atoms with Crippen molar-refractivity contribution in [2.75, 3.05) is 0 Å². The van der Waals surface area contributed by atoms with Crippen molar-refractivity contribution in [3.05, 3.63) is 35.9 Å². The van der Waals surface area contributed by atoms with E-state index in [4.69, 9.17) is 0 Å². The van der Waals surface area contributed by atoms with E-state index in [-0.39, 0.29) is 5.69 Å². The number of rotatable bonds is 2. The highest BCUT2D eigenvalue weighted by molar-refractivity contribution is 5.81. The van der Waals surface area contributed by atoms with Gasteiger partial charge in [0, 0.05) is 18.1 Å². The molecule has 102 valence electrons. The Hall–Kier alpha value is -2.12. The number of alkyl halides is 3. The standard InChI is InChI=1S/C11H11F3N4O/c1-7-6-9(11(12,13)14)16-18(7)8(2)10(19)17-5-3-4-15-17/h3-6,8H,1-2H3/t8-/m0/s1. The van der Waals surface area contributed by atoms with E-state index in [2.05, 4.69) is 10.2 Å². The lowest BCUT2D eigenvalue weighted by molar-refractivity contribution is -0.141. The third kappa shape index (κ3) is 2.51. The Morgan fingerprint density at radius 3 is 2.58 bits per heavy atom. The summed E-state index contributed by atoms with van der Waals surface area (Å²) in [6.07, 6.45) is -1.67. The predicted molar refractivity (Wildman–Crippen MR) is 59.5 cm³/mol. The zero-order valence-electron chi connectivity index (χ0n) is 10.2. The van der Waals surface area contributed by atoms with Gasteiger partial charge in [0.15, 0.2) is 5.69 Å². The van der Waals surface area contributed by atoms with E-state index >= 15 is 0 Å². The molecule has 0 amide bonds. The van der Waals surface area contributed by atoms with Gasteiger partial charge < -0.3 is 0 Å². The molecule has 0 N–H and O–H groups in total. The van der Waals surface area contributed by atoms with Gasteiger partial charge in [-0.1, -0.05) is 0 Å². The van der Waals surface area contributed by atoms with E-state index < -0.39 is 23.8 Å². The van der Waals surface area contributed by atoms with Crippen molar-refractivity contribution in [2.24, 2.45) is 0 Å². The summed E-state index contributed by atoms with van der Waals surface area (Å²) in [6, 6.07) is 1.60. The summed E-state index contributed by atoms with van der Waals surface area (Å²) in [5.74, 6) is -0.454. The minimum atomic E-state index is -4.52. The van der Waals surface area contributed by atoms with Gasteiger partial charge in [0.2, 0.25) is 0 Å². The molecule has 2 heterocycles. The molecule has 0 saturated heterocycles. The maximum Gasteiger partial charge on any atom is 0.435 e. The molecule has 0 saturated carbocycles. The Labute approximate surface area is 106 Å². The van der Waals surface area contributed by atoms with Gasteiger partial charge in [-0.3, -0.25) is 9.48 Å². The first-order valence-electron chi connectivity index (χ1n) is 5.48. The summed E-state index contributed by atoms with van der Waals surface area (Å²) in [6.45, 7) is 2.94. The third-order valence-corrected chi connectivity index (χ3v) is 2.67. The first kappa shape index (κ1) is 13.3. The van der Waals surface area contributed by atoms with Crippen LogP contribution in [0.5, 0.6) is 0 Å². The molecule has 19 heavy (non-hydrogen) atoms. The van der Waals surface area contributed by atoms with Crippen LogP contribution < -0.4 is 0 Å². The highest BCUT2D eigenvalue weighted by Gasteiger charge is 2.35. The summed E-state index contributed by atoms with van der Waals surface area (Å²) in [4.78, 5) is 12.0. The van der Waals surface area contributed by atoms with Gasteiger partial charge in [-0.25, -0.2) is 4.68 Å². The Morgan fingerprint density at radius 1 is 1.42 bits per heavy atom. The van der Waals surface area contributed by atoms with Crippen molar-refractivity contribution in [3.63, 3.8) is 0 Å². The van der Waals surface area contributed by atoms with Crippen LogP contribution in [0.3, 0.4) is 0 Å². The van der Waals surface area contributed by atoms with Gasteiger partial charge in [0.25, 0.3) is 5.91 Å². The van der Waals surface area contributed by atoms with Gasteiger partial charge in [-0.2, -0.15) is 23.4 Å². The van der Waals surface area contributed by atoms with E-state index in [1.165, 1.54) is 26.2 Å². The Morgan fingerprint density at radius 2 is 2.11 bits per heavy atom. The summed E-state index contributed by atoms with van der Waals surface area (Å²) < 4.78 is 39.7. The van der Waals surface area contributed by atoms with Crippen LogP contribution in [0.4, 0.5) is 13.2 Å². The molecule has 0 aromatic carbocycles. The van der Waals surface area contributed by atoms with Crippen LogP contribution in [0.1, 0.15) is 29.1 Å². The van der Waals surface area contributed by atoms with Crippen molar-refractivity contribution in [1.29, 1.82) is 0 Å². The third-order valence-electron chi connectivity index (χ3n) is 2.67. The van der Waals surface area contributed by atoms with Crippen molar-refractivity contribution in [2.45, 2.75) is 26.1 Å². The van der Waals surface area contributed by atoms with Crippen molar-refractivity contribution in [1.82, 2.24) is 19.6 Å². The maximum absolute atomic E-state index is 12.5. The Kier molecular flexibility index (Phi) is 3.17. The van der Waals surface area contributed by atoms with E-state index in [0.29, 0.717) is 0 Å².